The minimum absolute atomic E-state index is 0.0608. The van der Waals surface area contributed by atoms with E-state index in [1.54, 1.807) is 18.2 Å². The van der Waals surface area contributed by atoms with Crippen LogP contribution in [0.4, 0.5) is 0 Å². The van der Waals surface area contributed by atoms with Gasteiger partial charge in [0.1, 0.15) is 16.7 Å². The number of sulfonamides is 1. The molecule has 104 valence electrons. The van der Waals surface area contributed by atoms with Gasteiger partial charge < -0.3 is 10.5 Å². The van der Waals surface area contributed by atoms with Gasteiger partial charge in [0, 0.05) is 6.54 Å². The number of primary amides is 1. The van der Waals surface area contributed by atoms with E-state index in [9.17, 15) is 13.2 Å². The fourth-order valence-electron chi connectivity index (χ4n) is 2.27. The highest BCUT2D eigenvalue weighted by atomic mass is 32.2. The van der Waals surface area contributed by atoms with Crippen LogP contribution in [0, 0.1) is 0 Å². The minimum Gasteiger partial charge on any atom is -0.495 e. The topological polar surface area (TPSA) is 89.7 Å². The van der Waals surface area contributed by atoms with Crippen LogP contribution >= 0.6 is 0 Å². The van der Waals surface area contributed by atoms with E-state index in [2.05, 4.69) is 0 Å². The first-order valence-electron chi connectivity index (χ1n) is 5.92. The number of carbonyl (C=O) groups is 1. The third-order valence-electron chi connectivity index (χ3n) is 3.19. The Balaban J connectivity index is 2.45. The van der Waals surface area contributed by atoms with Crippen molar-refractivity contribution >= 4 is 15.9 Å². The highest BCUT2D eigenvalue weighted by Crippen LogP contribution is 2.31. The van der Waals surface area contributed by atoms with Crippen molar-refractivity contribution in [2.24, 2.45) is 5.73 Å². The van der Waals surface area contributed by atoms with Gasteiger partial charge in [-0.1, -0.05) is 12.1 Å². The van der Waals surface area contributed by atoms with Crippen LogP contribution in [-0.2, 0) is 14.8 Å². The zero-order valence-electron chi connectivity index (χ0n) is 10.6. The van der Waals surface area contributed by atoms with E-state index in [0.717, 1.165) is 4.31 Å². The van der Waals surface area contributed by atoms with Gasteiger partial charge >= 0.3 is 0 Å². The summed E-state index contributed by atoms with van der Waals surface area (Å²) in [6, 6.07) is 5.57. The number of carbonyl (C=O) groups excluding carboxylic acids is 1. The molecule has 2 rings (SSSR count). The molecule has 1 heterocycles. The summed E-state index contributed by atoms with van der Waals surface area (Å²) in [7, 11) is -2.36. The van der Waals surface area contributed by atoms with Crippen molar-refractivity contribution in [1.82, 2.24) is 4.31 Å². The summed E-state index contributed by atoms with van der Waals surface area (Å²) < 4.78 is 31.4. The maximum atomic E-state index is 12.6. The number of hydrogen-bond donors (Lipinski definition) is 1. The summed E-state index contributed by atoms with van der Waals surface area (Å²) in [6.07, 6.45) is 1.09. The van der Waals surface area contributed by atoms with Gasteiger partial charge in [0.25, 0.3) is 0 Å². The summed E-state index contributed by atoms with van der Waals surface area (Å²) in [5.41, 5.74) is 5.26. The van der Waals surface area contributed by atoms with E-state index in [4.69, 9.17) is 10.5 Å². The van der Waals surface area contributed by atoms with Gasteiger partial charge in [-0.05, 0) is 25.0 Å². The number of nitrogens with zero attached hydrogens (tertiary/aromatic N) is 1. The Hall–Kier alpha value is -1.60. The molecule has 0 spiro atoms. The minimum atomic E-state index is -3.77. The molecular weight excluding hydrogens is 268 g/mol. The molecule has 1 fully saturated rings. The third kappa shape index (κ3) is 2.43. The fraction of sp³-hybridized carbons (Fsp3) is 0.417. The van der Waals surface area contributed by atoms with Gasteiger partial charge in [-0.2, -0.15) is 4.31 Å². The second kappa shape index (κ2) is 5.18. The molecule has 0 bridgehead atoms. The molecule has 0 radical (unpaired) electrons. The van der Waals surface area contributed by atoms with Crippen LogP contribution in [-0.4, -0.2) is 38.3 Å². The molecule has 1 aromatic rings. The van der Waals surface area contributed by atoms with Crippen molar-refractivity contribution in [2.45, 2.75) is 23.8 Å². The predicted octanol–water partition coefficient (Wildman–Crippen LogP) is 0.334. The van der Waals surface area contributed by atoms with Crippen LogP contribution in [0.3, 0.4) is 0 Å². The third-order valence-corrected chi connectivity index (χ3v) is 5.14. The van der Waals surface area contributed by atoms with Crippen molar-refractivity contribution in [3.63, 3.8) is 0 Å². The molecule has 1 aliphatic heterocycles. The number of amides is 1. The monoisotopic (exact) mass is 284 g/mol. The van der Waals surface area contributed by atoms with E-state index >= 15 is 0 Å². The number of ether oxygens (including phenoxy) is 1. The lowest BCUT2D eigenvalue weighted by molar-refractivity contribution is -0.121. The Bertz CT molecular complexity index is 585. The molecule has 0 saturated carbocycles. The highest BCUT2D eigenvalue weighted by molar-refractivity contribution is 7.89. The van der Waals surface area contributed by atoms with Crippen LogP contribution in [0.5, 0.6) is 5.75 Å². The van der Waals surface area contributed by atoms with E-state index in [-0.39, 0.29) is 10.6 Å². The molecule has 1 atom stereocenters. The number of para-hydroxylation sites is 1. The average molecular weight is 284 g/mol. The zero-order valence-corrected chi connectivity index (χ0v) is 11.4. The quantitative estimate of drug-likeness (QED) is 0.863. The Morgan fingerprint density at radius 1 is 1.42 bits per heavy atom. The van der Waals surface area contributed by atoms with Gasteiger partial charge in [0.2, 0.25) is 15.9 Å². The van der Waals surface area contributed by atoms with Crippen molar-refractivity contribution < 1.29 is 17.9 Å². The first kappa shape index (κ1) is 13.8. The van der Waals surface area contributed by atoms with E-state index < -0.39 is 22.0 Å². The molecule has 7 heteroatoms. The van der Waals surface area contributed by atoms with Crippen LogP contribution in [0.1, 0.15) is 12.8 Å². The molecule has 1 amide bonds. The Morgan fingerprint density at radius 3 is 2.74 bits per heavy atom. The molecule has 19 heavy (non-hydrogen) atoms. The molecule has 1 aliphatic rings. The molecule has 1 unspecified atom stereocenters. The Labute approximate surface area is 112 Å². The number of hydrogen-bond acceptors (Lipinski definition) is 4. The summed E-state index contributed by atoms with van der Waals surface area (Å²) in [5, 5.41) is 0. The van der Waals surface area contributed by atoms with Gasteiger partial charge in [0.15, 0.2) is 0 Å². The molecular formula is C12H16N2O4S. The lowest BCUT2D eigenvalue weighted by Crippen LogP contribution is -2.43. The van der Waals surface area contributed by atoms with Crippen LogP contribution in [0.25, 0.3) is 0 Å². The lowest BCUT2D eigenvalue weighted by atomic mass is 10.2. The summed E-state index contributed by atoms with van der Waals surface area (Å²) in [6.45, 7) is 0.300. The number of rotatable bonds is 4. The largest absolute Gasteiger partial charge is 0.495 e. The molecule has 6 nitrogen and oxygen atoms in total. The van der Waals surface area contributed by atoms with Crippen LogP contribution < -0.4 is 10.5 Å². The van der Waals surface area contributed by atoms with Gasteiger partial charge in [-0.3, -0.25) is 4.79 Å². The van der Waals surface area contributed by atoms with Crippen molar-refractivity contribution in [2.75, 3.05) is 13.7 Å². The standard InChI is InChI=1S/C12H16N2O4S/c1-18-10-6-2-3-7-11(10)19(16,17)14-8-4-5-9(14)12(13)15/h2-3,6-7,9H,4-5,8H2,1H3,(H2,13,15). The zero-order chi connectivity index (χ0) is 14.0. The van der Waals surface area contributed by atoms with E-state index in [1.807, 2.05) is 0 Å². The number of methoxy groups -OCH3 is 1. The van der Waals surface area contributed by atoms with Gasteiger partial charge in [-0.25, -0.2) is 8.42 Å². The highest BCUT2D eigenvalue weighted by Gasteiger charge is 2.39. The fourth-order valence-corrected chi connectivity index (χ4v) is 4.09. The first-order valence-corrected chi connectivity index (χ1v) is 7.36. The SMILES string of the molecule is COc1ccccc1S(=O)(=O)N1CCCC1C(N)=O. The second-order valence-corrected chi connectivity index (χ2v) is 6.19. The van der Waals surface area contributed by atoms with Crippen LogP contribution in [0.2, 0.25) is 0 Å². The van der Waals surface area contributed by atoms with Crippen molar-refractivity contribution in [1.29, 1.82) is 0 Å². The van der Waals surface area contributed by atoms with E-state index in [1.165, 1.54) is 13.2 Å². The summed E-state index contributed by atoms with van der Waals surface area (Å²) in [4.78, 5) is 11.4. The summed E-state index contributed by atoms with van der Waals surface area (Å²) in [5.74, 6) is -0.353. The van der Waals surface area contributed by atoms with Crippen LogP contribution in [0.15, 0.2) is 29.2 Å². The van der Waals surface area contributed by atoms with Gasteiger partial charge in [0.05, 0.1) is 7.11 Å². The molecule has 0 aliphatic carbocycles. The van der Waals surface area contributed by atoms with Crippen molar-refractivity contribution in [3.05, 3.63) is 24.3 Å². The smallest absolute Gasteiger partial charge is 0.247 e. The maximum absolute atomic E-state index is 12.6. The molecule has 1 saturated heterocycles. The summed E-state index contributed by atoms with van der Waals surface area (Å²) >= 11 is 0. The molecule has 0 aromatic heterocycles. The Morgan fingerprint density at radius 2 is 2.11 bits per heavy atom. The Kier molecular flexibility index (Phi) is 3.77. The second-order valence-electron chi connectivity index (χ2n) is 4.33. The number of nitrogens with two attached hydrogens (primary N) is 1. The first-order chi connectivity index (χ1) is 8.98. The van der Waals surface area contributed by atoms with Crippen molar-refractivity contribution in [3.8, 4) is 5.75 Å². The average Bonchev–Trinajstić information content (AvgIpc) is 2.88. The number of benzene rings is 1. The normalized spacial score (nSPS) is 20.4. The lowest BCUT2D eigenvalue weighted by Gasteiger charge is -2.22. The van der Waals surface area contributed by atoms with Gasteiger partial charge in [-0.15, -0.1) is 0 Å². The molecule has 2 N–H and O–H groups in total. The molecule has 1 aromatic carbocycles. The van der Waals surface area contributed by atoms with E-state index in [0.29, 0.717) is 19.4 Å². The predicted molar refractivity (Wildman–Crippen MR) is 69.1 cm³/mol. The maximum Gasteiger partial charge on any atom is 0.247 e.